The lowest BCUT2D eigenvalue weighted by atomic mass is 10.3. The molecule has 0 fully saturated rings. The van der Waals surface area contributed by atoms with Crippen LogP contribution in [0.25, 0.3) is 0 Å². The van der Waals surface area contributed by atoms with Crippen molar-refractivity contribution in [3.63, 3.8) is 0 Å². The van der Waals surface area contributed by atoms with Crippen LogP contribution in [-0.4, -0.2) is 40.5 Å². The molecule has 2 unspecified atom stereocenters. The van der Waals surface area contributed by atoms with Crippen LogP contribution in [0, 0.1) is 4.91 Å². The van der Waals surface area contributed by atoms with Gasteiger partial charge in [0, 0.05) is 0 Å². The zero-order valence-electron chi connectivity index (χ0n) is 6.77. The molecule has 0 heterocycles. The molecule has 0 spiro atoms. The minimum absolute atomic E-state index is 0.161. The highest BCUT2D eigenvalue weighted by Gasteiger charge is 2.08. The van der Waals surface area contributed by atoms with Gasteiger partial charge in [0.2, 0.25) is 0 Å². The van der Waals surface area contributed by atoms with Crippen LogP contribution in [0.15, 0.2) is 5.29 Å². The normalized spacial score (nSPS) is 15.6. The number of nitroso groups, excluding NO2 is 1. The molecule has 0 saturated carbocycles. The Labute approximate surface area is 65.6 Å². The van der Waals surface area contributed by atoms with Crippen LogP contribution in [0.1, 0.15) is 13.8 Å². The average Bonchev–Trinajstić information content (AvgIpc) is 1.84. The minimum atomic E-state index is -0.605. The zero-order valence-corrected chi connectivity index (χ0v) is 6.77. The van der Waals surface area contributed by atoms with Gasteiger partial charge in [-0.2, -0.15) is 0 Å². The topological polar surface area (TPSA) is 73.1 Å². The van der Waals surface area contributed by atoms with Gasteiger partial charge in [-0.1, -0.05) is 0 Å². The van der Waals surface area contributed by atoms with Gasteiger partial charge in [-0.3, -0.25) is 5.01 Å². The molecule has 0 rings (SSSR count). The van der Waals surface area contributed by atoms with Crippen molar-refractivity contribution in [2.75, 3.05) is 13.1 Å². The Kier molecular flexibility index (Phi) is 4.72. The number of hydrogen-bond acceptors (Lipinski definition) is 4. The van der Waals surface area contributed by atoms with Crippen molar-refractivity contribution in [1.82, 2.24) is 5.01 Å². The third-order valence-electron chi connectivity index (χ3n) is 1.07. The van der Waals surface area contributed by atoms with E-state index in [4.69, 9.17) is 10.2 Å². The molecular weight excluding hydrogens is 148 g/mol. The van der Waals surface area contributed by atoms with Gasteiger partial charge in [0.15, 0.2) is 0 Å². The molecule has 2 atom stereocenters. The van der Waals surface area contributed by atoms with Gasteiger partial charge in [0.05, 0.1) is 30.6 Å². The number of aliphatic hydroxyl groups excluding tert-OH is 2. The maximum absolute atomic E-state index is 10.0. The van der Waals surface area contributed by atoms with E-state index in [1.165, 1.54) is 0 Å². The Morgan fingerprint density at radius 2 is 1.64 bits per heavy atom. The summed E-state index contributed by atoms with van der Waals surface area (Å²) >= 11 is 0. The van der Waals surface area contributed by atoms with Crippen LogP contribution in [0.5, 0.6) is 0 Å². The summed E-state index contributed by atoms with van der Waals surface area (Å²) in [6, 6.07) is 0. The molecule has 0 aliphatic carbocycles. The highest BCUT2D eigenvalue weighted by Crippen LogP contribution is 1.94. The lowest BCUT2D eigenvalue weighted by Gasteiger charge is -2.17. The van der Waals surface area contributed by atoms with Crippen molar-refractivity contribution < 1.29 is 10.2 Å². The molecule has 5 nitrogen and oxygen atoms in total. The molecule has 0 amide bonds. The summed E-state index contributed by atoms with van der Waals surface area (Å²) in [5.41, 5.74) is 0. The molecular formula is C6H14N2O3. The van der Waals surface area contributed by atoms with Crippen LogP contribution >= 0.6 is 0 Å². The van der Waals surface area contributed by atoms with E-state index in [2.05, 4.69) is 5.29 Å². The number of rotatable bonds is 5. The van der Waals surface area contributed by atoms with Gasteiger partial charge >= 0.3 is 0 Å². The lowest BCUT2D eigenvalue weighted by Crippen LogP contribution is -2.31. The van der Waals surface area contributed by atoms with Crippen molar-refractivity contribution >= 4 is 0 Å². The Morgan fingerprint density at radius 1 is 1.27 bits per heavy atom. The largest absolute Gasteiger partial charge is 0.392 e. The molecule has 0 aromatic heterocycles. The van der Waals surface area contributed by atoms with Gasteiger partial charge in [-0.25, -0.2) is 0 Å². The molecule has 0 aromatic rings. The summed E-state index contributed by atoms with van der Waals surface area (Å²) in [5.74, 6) is 0. The summed E-state index contributed by atoms with van der Waals surface area (Å²) < 4.78 is 0. The van der Waals surface area contributed by atoms with E-state index in [1.54, 1.807) is 13.8 Å². The number of aliphatic hydroxyl groups is 2. The van der Waals surface area contributed by atoms with Gasteiger partial charge in [0.25, 0.3) is 0 Å². The predicted octanol–water partition coefficient (Wildman–Crippen LogP) is -0.269. The third kappa shape index (κ3) is 5.75. The molecule has 0 saturated heterocycles. The molecule has 0 aliphatic rings. The van der Waals surface area contributed by atoms with Crippen molar-refractivity contribution in [2.45, 2.75) is 26.1 Å². The van der Waals surface area contributed by atoms with Gasteiger partial charge in [0.1, 0.15) is 0 Å². The minimum Gasteiger partial charge on any atom is -0.392 e. The highest BCUT2D eigenvalue weighted by atomic mass is 16.3. The predicted molar refractivity (Wildman–Crippen MR) is 40.7 cm³/mol. The molecule has 11 heavy (non-hydrogen) atoms. The fraction of sp³-hybridized carbons (Fsp3) is 1.00. The smallest absolute Gasteiger partial charge is 0.0705 e. The summed E-state index contributed by atoms with van der Waals surface area (Å²) in [6.45, 7) is 3.43. The number of nitrogens with zero attached hydrogens (tertiary/aromatic N) is 2. The van der Waals surface area contributed by atoms with Crippen molar-refractivity contribution in [2.24, 2.45) is 5.29 Å². The van der Waals surface area contributed by atoms with Crippen LogP contribution in [0.3, 0.4) is 0 Å². The fourth-order valence-corrected chi connectivity index (χ4v) is 0.751. The fourth-order valence-electron chi connectivity index (χ4n) is 0.751. The Balaban J connectivity index is 3.67. The quantitative estimate of drug-likeness (QED) is 0.431. The first-order chi connectivity index (χ1) is 5.06. The maximum atomic E-state index is 10.0. The molecule has 0 aromatic carbocycles. The second-order valence-electron chi connectivity index (χ2n) is 2.65. The first kappa shape index (κ1) is 10.3. The Hall–Kier alpha value is -0.680. The van der Waals surface area contributed by atoms with Crippen molar-refractivity contribution in [3.05, 3.63) is 4.91 Å². The maximum Gasteiger partial charge on any atom is 0.0705 e. The monoisotopic (exact) mass is 162 g/mol. The third-order valence-corrected chi connectivity index (χ3v) is 1.07. The van der Waals surface area contributed by atoms with E-state index < -0.39 is 12.2 Å². The summed E-state index contributed by atoms with van der Waals surface area (Å²) in [4.78, 5) is 10.0. The highest BCUT2D eigenvalue weighted by molar-refractivity contribution is 4.59. The van der Waals surface area contributed by atoms with Crippen LogP contribution in [0.2, 0.25) is 0 Å². The van der Waals surface area contributed by atoms with E-state index in [1.807, 2.05) is 0 Å². The molecule has 0 aliphatic heterocycles. The van der Waals surface area contributed by atoms with Crippen molar-refractivity contribution in [3.8, 4) is 0 Å². The van der Waals surface area contributed by atoms with Crippen molar-refractivity contribution in [1.29, 1.82) is 0 Å². The van der Waals surface area contributed by atoms with E-state index in [0.29, 0.717) is 0 Å². The number of hydrogen-bond donors (Lipinski definition) is 2. The molecule has 66 valence electrons. The summed E-state index contributed by atoms with van der Waals surface area (Å²) in [6.07, 6.45) is -1.21. The van der Waals surface area contributed by atoms with Crippen LogP contribution in [0.4, 0.5) is 0 Å². The second-order valence-corrected chi connectivity index (χ2v) is 2.65. The van der Waals surface area contributed by atoms with E-state index in [-0.39, 0.29) is 13.1 Å². The first-order valence-corrected chi connectivity index (χ1v) is 3.50. The molecule has 0 radical (unpaired) electrons. The molecule has 0 bridgehead atoms. The van der Waals surface area contributed by atoms with Gasteiger partial charge < -0.3 is 10.2 Å². The van der Waals surface area contributed by atoms with E-state index in [9.17, 15) is 4.91 Å². The molecule has 5 heteroatoms. The average molecular weight is 162 g/mol. The van der Waals surface area contributed by atoms with Crippen LogP contribution in [-0.2, 0) is 0 Å². The van der Waals surface area contributed by atoms with Gasteiger partial charge in [-0.05, 0) is 13.8 Å². The standard InChI is InChI=1S/C6H14N2O3/c1-5(9)3-8(7-11)4-6(2)10/h5-6,9-10H,3-4H2,1-2H3. The zero-order chi connectivity index (χ0) is 8.85. The Bertz CT molecular complexity index is 106. The first-order valence-electron chi connectivity index (χ1n) is 3.50. The lowest BCUT2D eigenvalue weighted by molar-refractivity contribution is 0.0846. The molecule has 2 N–H and O–H groups in total. The summed E-state index contributed by atoms with van der Waals surface area (Å²) in [7, 11) is 0. The summed E-state index contributed by atoms with van der Waals surface area (Å²) in [5, 5.41) is 21.4. The van der Waals surface area contributed by atoms with E-state index in [0.717, 1.165) is 5.01 Å². The second kappa shape index (κ2) is 5.03. The van der Waals surface area contributed by atoms with Gasteiger partial charge in [-0.15, -0.1) is 4.91 Å². The Morgan fingerprint density at radius 3 is 1.82 bits per heavy atom. The SMILES string of the molecule is CC(O)CN(CC(C)O)N=O. The van der Waals surface area contributed by atoms with E-state index >= 15 is 0 Å². The van der Waals surface area contributed by atoms with Crippen LogP contribution < -0.4 is 0 Å².